The van der Waals surface area contributed by atoms with Crippen molar-refractivity contribution >= 4 is 28.4 Å². The molecule has 0 aromatic rings. The second-order valence-electron chi connectivity index (χ2n) is 3.22. The number of rotatable bonds is 2. The fourth-order valence-corrected chi connectivity index (χ4v) is 1.94. The van der Waals surface area contributed by atoms with E-state index in [0.717, 1.165) is 19.1 Å². The SMILES string of the molecule is CC1C(C=CC(=O)Cl)C(F)(Cl)C1(F)F. The lowest BCUT2D eigenvalue weighted by Crippen LogP contribution is -2.64. The van der Waals surface area contributed by atoms with E-state index < -0.39 is 28.1 Å². The second-order valence-corrected chi connectivity index (χ2v) is 4.15. The number of alkyl halides is 4. The molecule has 1 aliphatic rings. The molecule has 1 fully saturated rings. The predicted molar refractivity (Wildman–Crippen MR) is 47.3 cm³/mol. The lowest BCUT2D eigenvalue weighted by molar-refractivity contribution is -0.238. The zero-order valence-electron chi connectivity index (χ0n) is 7.11. The number of hydrogen-bond acceptors (Lipinski definition) is 1. The van der Waals surface area contributed by atoms with Gasteiger partial charge in [0.05, 0.1) is 0 Å². The quantitative estimate of drug-likeness (QED) is 0.416. The average Bonchev–Trinajstić information content (AvgIpc) is 2.02. The molecule has 6 heteroatoms. The monoisotopic (exact) mass is 246 g/mol. The lowest BCUT2D eigenvalue weighted by Gasteiger charge is -2.49. The zero-order chi connectivity index (χ0) is 11.1. The van der Waals surface area contributed by atoms with E-state index in [1.54, 1.807) is 0 Å². The van der Waals surface area contributed by atoms with E-state index in [1.165, 1.54) is 0 Å². The van der Waals surface area contributed by atoms with Crippen LogP contribution >= 0.6 is 23.2 Å². The molecule has 0 N–H and O–H groups in total. The highest BCUT2D eigenvalue weighted by atomic mass is 35.5. The van der Waals surface area contributed by atoms with Crippen molar-refractivity contribution in [3.8, 4) is 0 Å². The maximum Gasteiger partial charge on any atom is 0.299 e. The van der Waals surface area contributed by atoms with Crippen molar-refractivity contribution in [1.82, 2.24) is 0 Å². The highest BCUT2D eigenvalue weighted by Gasteiger charge is 2.73. The molecular formula is C8H7Cl2F3O. The summed E-state index contributed by atoms with van der Waals surface area (Å²) in [5, 5.41) is -3.96. The van der Waals surface area contributed by atoms with Crippen LogP contribution in [-0.4, -0.2) is 16.3 Å². The van der Waals surface area contributed by atoms with Gasteiger partial charge in [0.2, 0.25) is 5.24 Å². The molecule has 3 atom stereocenters. The lowest BCUT2D eigenvalue weighted by atomic mass is 9.68. The molecule has 0 saturated heterocycles. The molecule has 0 aromatic carbocycles. The summed E-state index contributed by atoms with van der Waals surface area (Å²) in [6, 6.07) is 0. The first-order valence-electron chi connectivity index (χ1n) is 3.84. The standard InChI is InChI=1S/C8H7Cl2F3O/c1-4-5(2-3-6(9)14)7(10,11)8(4,12)13/h2-5H,1H3. The van der Waals surface area contributed by atoms with Crippen molar-refractivity contribution in [3.05, 3.63) is 12.2 Å². The summed E-state index contributed by atoms with van der Waals surface area (Å²) in [5.41, 5.74) is 0. The Labute approximate surface area is 88.9 Å². The van der Waals surface area contributed by atoms with Gasteiger partial charge >= 0.3 is 0 Å². The fourth-order valence-electron chi connectivity index (χ4n) is 1.44. The molecule has 0 aromatic heterocycles. The Balaban J connectivity index is 2.80. The van der Waals surface area contributed by atoms with Gasteiger partial charge in [0.15, 0.2) is 0 Å². The van der Waals surface area contributed by atoms with E-state index in [1.807, 2.05) is 0 Å². The maximum atomic E-state index is 13.2. The van der Waals surface area contributed by atoms with Crippen LogP contribution in [0.1, 0.15) is 6.92 Å². The average molecular weight is 247 g/mol. The Kier molecular flexibility index (Phi) is 2.89. The van der Waals surface area contributed by atoms with Gasteiger partial charge < -0.3 is 0 Å². The first-order valence-corrected chi connectivity index (χ1v) is 4.60. The molecule has 1 rings (SSSR count). The fraction of sp³-hybridized carbons (Fsp3) is 0.625. The Bertz CT molecular complexity index is 288. The number of halogens is 5. The van der Waals surface area contributed by atoms with Crippen molar-refractivity contribution in [1.29, 1.82) is 0 Å². The van der Waals surface area contributed by atoms with Gasteiger partial charge in [-0.25, -0.2) is 13.2 Å². The first-order chi connectivity index (χ1) is 6.21. The van der Waals surface area contributed by atoms with Crippen LogP contribution in [0.2, 0.25) is 0 Å². The third kappa shape index (κ3) is 1.54. The largest absolute Gasteiger partial charge is 0.299 e. The summed E-state index contributed by atoms with van der Waals surface area (Å²) >= 11 is 9.95. The van der Waals surface area contributed by atoms with Crippen LogP contribution in [-0.2, 0) is 4.79 Å². The highest BCUT2D eigenvalue weighted by molar-refractivity contribution is 6.66. The summed E-state index contributed by atoms with van der Waals surface area (Å²) in [4.78, 5) is 10.3. The van der Waals surface area contributed by atoms with Gasteiger partial charge in [-0.1, -0.05) is 24.6 Å². The summed E-state index contributed by atoms with van der Waals surface area (Å²) in [7, 11) is 0. The van der Waals surface area contributed by atoms with Crippen LogP contribution in [0.4, 0.5) is 13.2 Å². The molecule has 1 nitrogen and oxygen atoms in total. The normalized spacial score (nSPS) is 41.0. The molecule has 0 heterocycles. The molecule has 0 spiro atoms. The summed E-state index contributed by atoms with van der Waals surface area (Å²) in [6.45, 7) is 1.16. The minimum Gasteiger partial charge on any atom is -0.276 e. The first kappa shape index (κ1) is 11.9. The Morgan fingerprint density at radius 1 is 1.43 bits per heavy atom. The van der Waals surface area contributed by atoms with E-state index in [2.05, 4.69) is 0 Å². The summed E-state index contributed by atoms with van der Waals surface area (Å²) in [6.07, 6.45) is 1.80. The van der Waals surface area contributed by atoms with Gasteiger partial charge in [-0.15, -0.1) is 0 Å². The Hall–Kier alpha value is -0.220. The molecule has 3 unspecified atom stereocenters. The van der Waals surface area contributed by atoms with Gasteiger partial charge in [-0.05, 0) is 17.7 Å². The summed E-state index contributed by atoms with van der Waals surface area (Å²) in [5.74, 6) is -6.00. The van der Waals surface area contributed by atoms with Crippen LogP contribution in [0.25, 0.3) is 0 Å². The highest BCUT2D eigenvalue weighted by Crippen LogP contribution is 2.61. The topological polar surface area (TPSA) is 17.1 Å². The van der Waals surface area contributed by atoms with Crippen LogP contribution < -0.4 is 0 Å². The zero-order valence-corrected chi connectivity index (χ0v) is 8.62. The molecule has 80 valence electrons. The second kappa shape index (κ2) is 3.42. The number of carbonyl (C=O) groups is 1. The van der Waals surface area contributed by atoms with Gasteiger partial charge in [-0.2, -0.15) is 0 Å². The summed E-state index contributed by atoms with van der Waals surface area (Å²) < 4.78 is 38.8. The van der Waals surface area contributed by atoms with E-state index >= 15 is 0 Å². The molecule has 1 saturated carbocycles. The predicted octanol–water partition coefficient (Wildman–Crippen LogP) is 3.11. The maximum absolute atomic E-state index is 13.2. The van der Waals surface area contributed by atoms with Crippen LogP contribution in [0.3, 0.4) is 0 Å². The van der Waals surface area contributed by atoms with Crippen LogP contribution in [0.15, 0.2) is 12.2 Å². The van der Waals surface area contributed by atoms with E-state index in [4.69, 9.17) is 23.2 Å². The number of allylic oxidation sites excluding steroid dienone is 2. The van der Waals surface area contributed by atoms with E-state index in [9.17, 15) is 18.0 Å². The van der Waals surface area contributed by atoms with E-state index in [-0.39, 0.29) is 0 Å². The van der Waals surface area contributed by atoms with Crippen molar-refractivity contribution in [2.45, 2.75) is 18.0 Å². The minimum absolute atomic E-state index is 0.828. The number of carbonyl (C=O) groups excluding carboxylic acids is 1. The van der Waals surface area contributed by atoms with Crippen molar-refractivity contribution in [2.24, 2.45) is 11.8 Å². The molecule has 1 aliphatic carbocycles. The van der Waals surface area contributed by atoms with Crippen molar-refractivity contribution in [2.75, 3.05) is 0 Å². The molecule has 0 aliphatic heterocycles. The molecule has 0 amide bonds. The molecular weight excluding hydrogens is 240 g/mol. The van der Waals surface area contributed by atoms with Crippen molar-refractivity contribution in [3.63, 3.8) is 0 Å². The van der Waals surface area contributed by atoms with E-state index in [0.29, 0.717) is 0 Å². The molecule has 0 bridgehead atoms. The smallest absolute Gasteiger partial charge is 0.276 e. The van der Waals surface area contributed by atoms with Gasteiger partial charge in [-0.3, -0.25) is 4.79 Å². The molecule has 0 radical (unpaired) electrons. The molecule has 14 heavy (non-hydrogen) atoms. The van der Waals surface area contributed by atoms with Gasteiger partial charge in [0.1, 0.15) is 0 Å². The van der Waals surface area contributed by atoms with Gasteiger partial charge in [0, 0.05) is 11.8 Å². The third-order valence-corrected chi connectivity index (χ3v) is 3.04. The third-order valence-electron chi connectivity index (χ3n) is 2.41. The van der Waals surface area contributed by atoms with Crippen molar-refractivity contribution < 1.29 is 18.0 Å². The Morgan fingerprint density at radius 3 is 2.29 bits per heavy atom. The van der Waals surface area contributed by atoms with Gasteiger partial charge in [0.25, 0.3) is 11.1 Å². The van der Waals surface area contributed by atoms with Crippen LogP contribution in [0, 0.1) is 11.8 Å². The Morgan fingerprint density at radius 2 is 1.93 bits per heavy atom. The van der Waals surface area contributed by atoms with Crippen LogP contribution in [0.5, 0.6) is 0 Å². The number of hydrogen-bond donors (Lipinski definition) is 0. The minimum atomic E-state index is -3.57.